The molecule has 2 aliphatic rings. The summed E-state index contributed by atoms with van der Waals surface area (Å²) in [6, 6.07) is 15.8. The molecule has 44 heavy (non-hydrogen) atoms. The van der Waals surface area contributed by atoms with E-state index in [0.29, 0.717) is 54.5 Å². The molecule has 2 N–H and O–H groups in total. The van der Waals surface area contributed by atoms with E-state index < -0.39 is 12.1 Å². The number of carbonyl (C=O) groups is 4. The van der Waals surface area contributed by atoms with Crippen LogP contribution < -0.4 is 10.6 Å². The predicted octanol–water partition coefficient (Wildman–Crippen LogP) is 4.62. The quantitative estimate of drug-likeness (QED) is 0.319. The second-order valence-corrected chi connectivity index (χ2v) is 12.0. The van der Waals surface area contributed by atoms with E-state index in [4.69, 9.17) is 4.52 Å². The van der Waals surface area contributed by atoms with Crippen LogP contribution in [0.25, 0.3) is 12.2 Å². The Balaban J connectivity index is 1.11. The number of nitrogens with one attached hydrogen (secondary N) is 2. The Bertz CT molecular complexity index is 1520. The van der Waals surface area contributed by atoms with Crippen molar-refractivity contribution in [1.82, 2.24) is 15.0 Å². The smallest absolute Gasteiger partial charge is 0.247 e. The number of likely N-dealkylation sites (tertiary alicyclic amines) is 2. The summed E-state index contributed by atoms with van der Waals surface area (Å²) in [5.74, 6) is 0.390. The number of thioether (sulfide) groups is 1. The topological polar surface area (TPSA) is 125 Å². The lowest BCUT2D eigenvalue weighted by Gasteiger charge is -2.23. The zero-order valence-corrected chi connectivity index (χ0v) is 25.8. The molecule has 0 spiro atoms. The number of anilines is 2. The summed E-state index contributed by atoms with van der Waals surface area (Å²) < 4.78 is 5.17. The number of rotatable bonds is 10. The zero-order valence-electron chi connectivity index (χ0n) is 25.0. The Labute approximate surface area is 261 Å². The van der Waals surface area contributed by atoms with Crippen molar-refractivity contribution < 1.29 is 23.7 Å². The van der Waals surface area contributed by atoms with Crippen LogP contribution in [0.3, 0.4) is 0 Å². The standard InChI is InChI=1S/C33H37N5O5S/c1-22-19-27(43-36-22)20-30(39)37-17-3-5-28(37)32(41)34-25-13-9-23(10-14-25)7-8-24-11-15-26(16-12-24)35-33(42)29-6-4-18-38(29)31(40)21-44-2/h7-16,19,28-29H,3-6,17-18,20-21H2,1-2H3,(H,34,41)(H,35,42)/b8-7+. The third kappa shape index (κ3) is 7.76. The van der Waals surface area contributed by atoms with E-state index in [-0.39, 0.29) is 30.0 Å². The van der Waals surface area contributed by atoms with Crippen LogP contribution in [-0.4, -0.2) is 75.8 Å². The van der Waals surface area contributed by atoms with E-state index in [2.05, 4.69) is 15.8 Å². The molecule has 10 nitrogen and oxygen atoms in total. The summed E-state index contributed by atoms with van der Waals surface area (Å²) in [6.45, 7) is 2.97. The van der Waals surface area contributed by atoms with E-state index in [1.807, 2.05) is 66.9 Å². The molecular weight excluding hydrogens is 578 g/mol. The first-order chi connectivity index (χ1) is 21.3. The number of hydrogen-bond donors (Lipinski definition) is 2. The van der Waals surface area contributed by atoms with Gasteiger partial charge in [-0.25, -0.2) is 0 Å². The van der Waals surface area contributed by atoms with Crippen LogP contribution in [-0.2, 0) is 25.6 Å². The predicted molar refractivity (Wildman–Crippen MR) is 172 cm³/mol. The van der Waals surface area contributed by atoms with Gasteiger partial charge in [-0.3, -0.25) is 19.2 Å². The lowest BCUT2D eigenvalue weighted by atomic mass is 10.1. The Morgan fingerprint density at radius 3 is 1.80 bits per heavy atom. The van der Waals surface area contributed by atoms with Crippen LogP contribution in [0.2, 0.25) is 0 Å². The maximum atomic E-state index is 13.0. The summed E-state index contributed by atoms with van der Waals surface area (Å²) in [7, 11) is 0. The average molecular weight is 616 g/mol. The van der Waals surface area contributed by atoms with Crippen molar-refractivity contribution in [3.05, 3.63) is 77.2 Å². The normalized spacial score (nSPS) is 18.1. The molecule has 2 unspecified atom stereocenters. The molecule has 2 aromatic carbocycles. The monoisotopic (exact) mass is 615 g/mol. The average Bonchev–Trinajstić information content (AvgIpc) is 3.79. The molecule has 0 aliphatic carbocycles. The summed E-state index contributed by atoms with van der Waals surface area (Å²) in [6.07, 6.45) is 8.81. The van der Waals surface area contributed by atoms with Gasteiger partial charge in [-0.2, -0.15) is 11.8 Å². The van der Waals surface area contributed by atoms with Gasteiger partial charge in [0.2, 0.25) is 23.6 Å². The van der Waals surface area contributed by atoms with E-state index in [1.165, 1.54) is 11.8 Å². The molecule has 1 aromatic heterocycles. The van der Waals surface area contributed by atoms with Crippen molar-refractivity contribution in [3.8, 4) is 0 Å². The molecule has 230 valence electrons. The van der Waals surface area contributed by atoms with Gasteiger partial charge < -0.3 is 25.0 Å². The van der Waals surface area contributed by atoms with Crippen molar-refractivity contribution in [3.63, 3.8) is 0 Å². The third-order valence-electron chi connectivity index (χ3n) is 7.85. The lowest BCUT2D eigenvalue weighted by molar-refractivity contribution is -0.136. The van der Waals surface area contributed by atoms with Crippen LogP contribution in [0.1, 0.15) is 48.3 Å². The summed E-state index contributed by atoms with van der Waals surface area (Å²) in [5.41, 5.74) is 3.98. The van der Waals surface area contributed by atoms with Crippen molar-refractivity contribution in [2.24, 2.45) is 0 Å². The van der Waals surface area contributed by atoms with E-state index in [1.54, 1.807) is 22.8 Å². The molecule has 2 atom stereocenters. The Kier molecular flexibility index (Phi) is 10.2. The van der Waals surface area contributed by atoms with Gasteiger partial charge in [-0.15, -0.1) is 0 Å². The minimum Gasteiger partial charge on any atom is -0.361 e. The van der Waals surface area contributed by atoms with E-state index >= 15 is 0 Å². The molecule has 3 aromatic rings. The molecule has 3 heterocycles. The molecular formula is C33H37N5O5S. The van der Waals surface area contributed by atoms with Gasteiger partial charge in [0.25, 0.3) is 0 Å². The van der Waals surface area contributed by atoms with Gasteiger partial charge in [0, 0.05) is 30.5 Å². The largest absolute Gasteiger partial charge is 0.361 e. The number of carbonyl (C=O) groups excluding carboxylic acids is 4. The third-order valence-corrected chi connectivity index (χ3v) is 8.38. The molecule has 2 fully saturated rings. The molecule has 0 bridgehead atoms. The second-order valence-electron chi connectivity index (χ2n) is 11.1. The highest BCUT2D eigenvalue weighted by atomic mass is 32.2. The van der Waals surface area contributed by atoms with E-state index in [9.17, 15) is 19.2 Å². The second kappa shape index (κ2) is 14.4. The summed E-state index contributed by atoms with van der Waals surface area (Å²) in [5, 5.41) is 9.72. The highest BCUT2D eigenvalue weighted by Gasteiger charge is 2.35. The minimum absolute atomic E-state index is 0.00761. The van der Waals surface area contributed by atoms with Crippen LogP contribution in [0.5, 0.6) is 0 Å². The Morgan fingerprint density at radius 2 is 1.34 bits per heavy atom. The van der Waals surface area contributed by atoms with Crippen molar-refractivity contribution in [2.75, 3.05) is 35.7 Å². The molecule has 0 radical (unpaired) electrons. The van der Waals surface area contributed by atoms with Crippen molar-refractivity contribution in [1.29, 1.82) is 0 Å². The molecule has 4 amide bonds. The number of aryl methyl sites for hydroxylation is 1. The SMILES string of the molecule is CSCC(=O)N1CCCC1C(=O)Nc1ccc(/C=C/c2ccc(NC(=O)C3CCCN3C(=O)Cc3cc(C)no3)cc2)cc1. The first-order valence-corrected chi connectivity index (χ1v) is 16.2. The fourth-order valence-electron chi connectivity index (χ4n) is 5.63. The van der Waals surface area contributed by atoms with Crippen molar-refractivity contribution in [2.45, 2.75) is 51.1 Å². The Morgan fingerprint density at radius 1 is 0.841 bits per heavy atom. The highest BCUT2D eigenvalue weighted by molar-refractivity contribution is 7.99. The number of amides is 4. The molecule has 11 heteroatoms. The maximum Gasteiger partial charge on any atom is 0.247 e. The first-order valence-electron chi connectivity index (χ1n) is 14.8. The molecule has 0 saturated carbocycles. The lowest BCUT2D eigenvalue weighted by Crippen LogP contribution is -2.43. The summed E-state index contributed by atoms with van der Waals surface area (Å²) in [4.78, 5) is 54.3. The van der Waals surface area contributed by atoms with Gasteiger partial charge in [-0.05, 0) is 74.3 Å². The van der Waals surface area contributed by atoms with E-state index in [0.717, 1.165) is 24.0 Å². The van der Waals surface area contributed by atoms with Crippen LogP contribution >= 0.6 is 11.8 Å². The minimum atomic E-state index is -0.515. The molecule has 5 rings (SSSR count). The van der Waals surface area contributed by atoms with Crippen LogP contribution in [0, 0.1) is 6.92 Å². The van der Waals surface area contributed by atoms with Crippen LogP contribution in [0.15, 0.2) is 59.1 Å². The zero-order chi connectivity index (χ0) is 31.1. The maximum absolute atomic E-state index is 13.0. The fraction of sp³-hybridized carbons (Fsp3) is 0.364. The van der Waals surface area contributed by atoms with Gasteiger partial charge >= 0.3 is 0 Å². The number of benzene rings is 2. The van der Waals surface area contributed by atoms with Gasteiger partial charge in [0.05, 0.1) is 17.9 Å². The summed E-state index contributed by atoms with van der Waals surface area (Å²) >= 11 is 1.47. The molecule has 2 aliphatic heterocycles. The number of nitrogens with zero attached hydrogens (tertiary/aromatic N) is 3. The Hall–Kier alpha value is -4.38. The van der Waals surface area contributed by atoms with Gasteiger partial charge in [-0.1, -0.05) is 41.6 Å². The van der Waals surface area contributed by atoms with Crippen LogP contribution in [0.4, 0.5) is 11.4 Å². The number of hydrogen-bond acceptors (Lipinski definition) is 7. The van der Waals surface area contributed by atoms with Gasteiger partial charge in [0.15, 0.2) is 0 Å². The first kappa shape index (κ1) is 31.1. The fourth-order valence-corrected chi connectivity index (χ4v) is 6.04. The van der Waals surface area contributed by atoms with Gasteiger partial charge in [0.1, 0.15) is 17.8 Å². The van der Waals surface area contributed by atoms with Crippen molar-refractivity contribution >= 4 is 58.9 Å². The number of aromatic nitrogens is 1. The molecule has 2 saturated heterocycles. The highest BCUT2D eigenvalue weighted by Crippen LogP contribution is 2.23.